The second-order valence-electron chi connectivity index (χ2n) is 9.21. The Hall–Kier alpha value is -2.53. The molecule has 0 aliphatic carbocycles. The molecule has 32 heavy (non-hydrogen) atoms. The Kier molecular flexibility index (Phi) is 8.98. The molecule has 1 heterocycles. The van der Waals surface area contributed by atoms with Gasteiger partial charge in [-0.25, -0.2) is 0 Å². The summed E-state index contributed by atoms with van der Waals surface area (Å²) in [5.41, 5.74) is 2.20. The molecule has 0 bridgehead atoms. The van der Waals surface area contributed by atoms with Gasteiger partial charge in [0.2, 0.25) is 5.91 Å². The van der Waals surface area contributed by atoms with Crippen molar-refractivity contribution in [3.63, 3.8) is 0 Å². The molecule has 0 N–H and O–H groups in total. The van der Waals surface area contributed by atoms with E-state index in [4.69, 9.17) is 9.47 Å². The van der Waals surface area contributed by atoms with E-state index >= 15 is 0 Å². The average Bonchev–Trinajstić information content (AvgIpc) is 2.80. The van der Waals surface area contributed by atoms with Crippen LogP contribution in [0, 0.1) is 11.8 Å². The van der Waals surface area contributed by atoms with Gasteiger partial charge in [-0.15, -0.1) is 0 Å². The van der Waals surface area contributed by atoms with E-state index in [2.05, 4.69) is 35.8 Å². The molecule has 174 valence electrons. The summed E-state index contributed by atoms with van der Waals surface area (Å²) >= 11 is 0. The predicted molar refractivity (Wildman–Crippen MR) is 129 cm³/mol. The molecule has 1 amide bonds. The Balaban J connectivity index is 1.56. The Morgan fingerprint density at radius 1 is 0.969 bits per heavy atom. The lowest BCUT2D eigenvalue weighted by atomic mass is 9.95. The molecule has 1 aliphatic heterocycles. The smallest absolute Gasteiger partial charge is 0.227 e. The Morgan fingerprint density at radius 3 is 2.12 bits per heavy atom. The van der Waals surface area contributed by atoms with Crippen molar-refractivity contribution in [3.8, 4) is 11.5 Å². The summed E-state index contributed by atoms with van der Waals surface area (Å²) in [6.45, 7) is 9.03. The highest BCUT2D eigenvalue weighted by Gasteiger charge is 2.25. The normalized spacial score (nSPS) is 15.0. The van der Waals surface area contributed by atoms with Gasteiger partial charge in [-0.2, -0.15) is 0 Å². The third kappa shape index (κ3) is 6.73. The number of hydrogen-bond donors (Lipinski definition) is 0. The van der Waals surface area contributed by atoms with Crippen LogP contribution in [0.2, 0.25) is 0 Å². The number of nitrogens with zero attached hydrogens (tertiary/aromatic N) is 2. The van der Waals surface area contributed by atoms with Gasteiger partial charge in [0.25, 0.3) is 0 Å². The van der Waals surface area contributed by atoms with E-state index in [1.807, 2.05) is 36.4 Å². The molecule has 0 atom stereocenters. The SMILES string of the molecule is COc1ccccc1CC(=O)N(CC(C)C)CC1CCN(Cc2ccccc2OC)CC1. The van der Waals surface area contributed by atoms with Crippen LogP contribution in [0.25, 0.3) is 0 Å². The summed E-state index contributed by atoms with van der Waals surface area (Å²) in [4.78, 5) is 17.8. The largest absolute Gasteiger partial charge is 0.496 e. The van der Waals surface area contributed by atoms with Crippen molar-refractivity contribution in [2.45, 2.75) is 39.7 Å². The van der Waals surface area contributed by atoms with Gasteiger partial charge in [0.1, 0.15) is 11.5 Å². The number of carbonyl (C=O) groups excluding carboxylic acids is 1. The van der Waals surface area contributed by atoms with Crippen LogP contribution in [-0.4, -0.2) is 56.1 Å². The molecule has 0 radical (unpaired) electrons. The molecule has 0 aromatic heterocycles. The highest BCUT2D eigenvalue weighted by Crippen LogP contribution is 2.25. The van der Waals surface area contributed by atoms with Crippen LogP contribution in [0.1, 0.15) is 37.8 Å². The molecule has 1 fully saturated rings. The van der Waals surface area contributed by atoms with Crippen molar-refractivity contribution in [2.75, 3.05) is 40.4 Å². The Morgan fingerprint density at radius 2 is 1.53 bits per heavy atom. The highest BCUT2D eigenvalue weighted by atomic mass is 16.5. The fraction of sp³-hybridized carbons (Fsp3) is 0.519. The minimum Gasteiger partial charge on any atom is -0.496 e. The summed E-state index contributed by atoms with van der Waals surface area (Å²) in [6.07, 6.45) is 2.63. The average molecular weight is 439 g/mol. The van der Waals surface area contributed by atoms with Gasteiger partial charge in [-0.3, -0.25) is 9.69 Å². The van der Waals surface area contributed by atoms with Crippen molar-refractivity contribution in [3.05, 3.63) is 59.7 Å². The second-order valence-corrected chi connectivity index (χ2v) is 9.21. The molecule has 1 aliphatic rings. The number of piperidine rings is 1. The predicted octanol–water partition coefficient (Wildman–Crippen LogP) is 4.64. The maximum Gasteiger partial charge on any atom is 0.227 e. The molecule has 0 spiro atoms. The topological polar surface area (TPSA) is 42.0 Å². The van der Waals surface area contributed by atoms with Crippen LogP contribution in [0.3, 0.4) is 0 Å². The summed E-state index contributed by atoms with van der Waals surface area (Å²) in [7, 11) is 3.39. The zero-order valence-electron chi connectivity index (χ0n) is 20.0. The van der Waals surface area contributed by atoms with E-state index < -0.39 is 0 Å². The van der Waals surface area contributed by atoms with E-state index in [-0.39, 0.29) is 5.91 Å². The standard InChI is InChI=1S/C27H38N2O3/c1-21(2)18-29(27(30)17-23-9-5-7-11-25(23)31-3)19-22-13-15-28(16-14-22)20-24-10-6-8-12-26(24)32-4/h5-12,21-22H,13-20H2,1-4H3. The van der Waals surface area contributed by atoms with Crippen molar-refractivity contribution < 1.29 is 14.3 Å². The lowest BCUT2D eigenvalue weighted by Gasteiger charge is -2.35. The van der Waals surface area contributed by atoms with Gasteiger partial charge in [0, 0.05) is 30.8 Å². The lowest BCUT2D eigenvalue weighted by molar-refractivity contribution is -0.132. The van der Waals surface area contributed by atoms with Crippen LogP contribution in [0.5, 0.6) is 11.5 Å². The molecule has 0 unspecified atom stereocenters. The van der Waals surface area contributed by atoms with Crippen molar-refractivity contribution >= 4 is 5.91 Å². The molecule has 5 heteroatoms. The number of hydrogen-bond acceptors (Lipinski definition) is 4. The number of benzene rings is 2. The van der Waals surface area contributed by atoms with Gasteiger partial charge in [0.05, 0.1) is 20.6 Å². The zero-order valence-corrected chi connectivity index (χ0v) is 20.0. The number of carbonyl (C=O) groups is 1. The van der Waals surface area contributed by atoms with E-state index in [0.29, 0.717) is 18.3 Å². The number of rotatable bonds is 10. The summed E-state index contributed by atoms with van der Waals surface area (Å²) in [5, 5.41) is 0. The molecular formula is C27H38N2O3. The molecular weight excluding hydrogens is 400 g/mol. The van der Waals surface area contributed by atoms with Crippen LogP contribution < -0.4 is 9.47 Å². The van der Waals surface area contributed by atoms with Gasteiger partial charge >= 0.3 is 0 Å². The molecule has 3 rings (SSSR count). The first-order chi connectivity index (χ1) is 15.5. The monoisotopic (exact) mass is 438 g/mol. The van der Waals surface area contributed by atoms with Gasteiger partial charge < -0.3 is 14.4 Å². The minimum atomic E-state index is 0.194. The quantitative estimate of drug-likeness (QED) is 0.542. The molecule has 2 aromatic rings. The summed E-state index contributed by atoms with van der Waals surface area (Å²) < 4.78 is 11.0. The number of likely N-dealkylation sites (tertiary alicyclic amines) is 1. The summed E-state index contributed by atoms with van der Waals surface area (Å²) in [6, 6.07) is 16.1. The molecule has 5 nitrogen and oxygen atoms in total. The fourth-order valence-electron chi connectivity index (χ4n) is 4.56. The summed E-state index contributed by atoms with van der Waals surface area (Å²) in [5.74, 6) is 2.93. The van der Waals surface area contributed by atoms with Crippen molar-refractivity contribution in [1.82, 2.24) is 9.80 Å². The maximum absolute atomic E-state index is 13.2. The minimum absolute atomic E-state index is 0.194. The Bertz CT molecular complexity index is 859. The first-order valence-corrected chi connectivity index (χ1v) is 11.7. The maximum atomic E-state index is 13.2. The molecule has 0 saturated carbocycles. The van der Waals surface area contributed by atoms with E-state index in [0.717, 1.165) is 62.6 Å². The van der Waals surface area contributed by atoms with E-state index in [1.54, 1.807) is 14.2 Å². The van der Waals surface area contributed by atoms with Crippen LogP contribution in [-0.2, 0) is 17.8 Å². The Labute approximate surface area is 193 Å². The molecule has 1 saturated heterocycles. The number of amides is 1. The third-order valence-corrected chi connectivity index (χ3v) is 6.24. The van der Waals surface area contributed by atoms with Gasteiger partial charge in [0.15, 0.2) is 0 Å². The third-order valence-electron chi connectivity index (χ3n) is 6.24. The number of methoxy groups -OCH3 is 2. The molecule has 2 aromatic carbocycles. The highest BCUT2D eigenvalue weighted by molar-refractivity contribution is 5.79. The van der Waals surface area contributed by atoms with Gasteiger partial charge in [-0.1, -0.05) is 50.2 Å². The van der Waals surface area contributed by atoms with Crippen LogP contribution >= 0.6 is 0 Å². The van der Waals surface area contributed by atoms with Crippen LogP contribution in [0.4, 0.5) is 0 Å². The van der Waals surface area contributed by atoms with E-state index in [1.165, 1.54) is 5.56 Å². The van der Waals surface area contributed by atoms with Crippen molar-refractivity contribution in [2.24, 2.45) is 11.8 Å². The zero-order chi connectivity index (χ0) is 22.9. The first-order valence-electron chi connectivity index (χ1n) is 11.7. The van der Waals surface area contributed by atoms with Crippen LogP contribution in [0.15, 0.2) is 48.5 Å². The van der Waals surface area contributed by atoms with Gasteiger partial charge in [-0.05, 0) is 49.9 Å². The number of para-hydroxylation sites is 2. The number of ether oxygens (including phenoxy) is 2. The fourth-order valence-corrected chi connectivity index (χ4v) is 4.56. The second kappa shape index (κ2) is 11.9. The first kappa shape index (κ1) is 24.1. The lowest BCUT2D eigenvalue weighted by Crippen LogP contribution is -2.42. The van der Waals surface area contributed by atoms with E-state index in [9.17, 15) is 4.79 Å². The van der Waals surface area contributed by atoms with Crippen molar-refractivity contribution in [1.29, 1.82) is 0 Å².